The number of ketones is 1. The lowest BCUT2D eigenvalue weighted by molar-refractivity contribution is 0.100. The van der Waals surface area contributed by atoms with Crippen LogP contribution in [0.1, 0.15) is 10.4 Å². The van der Waals surface area contributed by atoms with Crippen LogP contribution >= 0.6 is 0 Å². The maximum absolute atomic E-state index is 11.6. The van der Waals surface area contributed by atoms with Gasteiger partial charge in [-0.25, -0.2) is 16.8 Å². The number of sulfone groups is 2. The molecule has 1 aromatic carbocycles. The molecule has 1 rings (SSSR count). The fraction of sp³-hybridized carbons (Fsp3) is 0.300. The summed E-state index contributed by atoms with van der Waals surface area (Å²) in [4.78, 5) is 10.7. The Balaban J connectivity index is 3.65. The highest BCUT2D eigenvalue weighted by Crippen LogP contribution is 2.22. The van der Waals surface area contributed by atoms with E-state index in [1.807, 2.05) is 0 Å². The molecular formula is C10H13NO5S2. The third-order valence-electron chi connectivity index (χ3n) is 2.25. The van der Waals surface area contributed by atoms with Gasteiger partial charge in [0, 0.05) is 18.1 Å². The van der Waals surface area contributed by atoms with Crippen molar-refractivity contribution in [3.05, 3.63) is 23.8 Å². The Hall–Kier alpha value is -1.25. The summed E-state index contributed by atoms with van der Waals surface area (Å²) in [7, 11) is -7.44. The minimum atomic E-state index is -3.75. The van der Waals surface area contributed by atoms with E-state index in [9.17, 15) is 21.6 Å². The Labute approximate surface area is 106 Å². The first-order valence-corrected chi connectivity index (χ1v) is 8.63. The van der Waals surface area contributed by atoms with E-state index in [2.05, 4.69) is 0 Å². The first-order valence-electron chi connectivity index (χ1n) is 4.85. The quantitative estimate of drug-likeness (QED) is 0.758. The highest BCUT2D eigenvalue weighted by atomic mass is 32.2. The van der Waals surface area contributed by atoms with E-state index in [0.717, 1.165) is 24.6 Å². The minimum Gasteiger partial charge on any atom is -0.324 e. The van der Waals surface area contributed by atoms with Crippen molar-refractivity contribution in [1.29, 1.82) is 0 Å². The van der Waals surface area contributed by atoms with Crippen LogP contribution in [0.5, 0.6) is 0 Å². The molecule has 100 valence electrons. The molecule has 0 atom stereocenters. The Morgan fingerprint density at radius 3 is 1.94 bits per heavy atom. The lowest BCUT2D eigenvalue weighted by atomic mass is 10.1. The molecule has 0 saturated heterocycles. The molecule has 0 spiro atoms. The third-order valence-corrected chi connectivity index (χ3v) is 4.67. The summed E-state index contributed by atoms with van der Waals surface area (Å²) in [5.74, 6) is -0.458. The van der Waals surface area contributed by atoms with Gasteiger partial charge in [0.1, 0.15) is 0 Å². The maximum atomic E-state index is 11.6. The average molecular weight is 291 g/mol. The minimum absolute atomic E-state index is 0.0744. The first-order chi connectivity index (χ1) is 8.07. The zero-order valence-electron chi connectivity index (χ0n) is 9.87. The topological polar surface area (TPSA) is 111 Å². The Morgan fingerprint density at radius 1 is 1.06 bits per heavy atom. The van der Waals surface area contributed by atoms with Crippen molar-refractivity contribution in [3.8, 4) is 0 Å². The summed E-state index contributed by atoms with van der Waals surface area (Å²) in [6, 6.07) is 3.40. The smallest absolute Gasteiger partial charge is 0.176 e. The van der Waals surface area contributed by atoms with Gasteiger partial charge in [0.25, 0.3) is 0 Å². The van der Waals surface area contributed by atoms with Gasteiger partial charge in [0.15, 0.2) is 25.5 Å². The van der Waals surface area contributed by atoms with E-state index >= 15 is 0 Å². The molecule has 0 unspecified atom stereocenters. The normalized spacial score (nSPS) is 12.4. The molecule has 8 heteroatoms. The largest absolute Gasteiger partial charge is 0.324 e. The molecule has 0 aromatic heterocycles. The van der Waals surface area contributed by atoms with Crippen LogP contribution in [0, 0.1) is 0 Å². The molecule has 2 N–H and O–H groups in total. The predicted octanol–water partition coefficient (Wildman–Crippen LogP) is -0.365. The van der Waals surface area contributed by atoms with Gasteiger partial charge in [-0.05, 0) is 18.2 Å². The molecule has 0 bridgehead atoms. The summed E-state index contributed by atoms with van der Waals surface area (Å²) in [5.41, 5.74) is 5.24. The maximum Gasteiger partial charge on any atom is 0.176 e. The van der Waals surface area contributed by atoms with Crippen molar-refractivity contribution in [2.45, 2.75) is 9.79 Å². The van der Waals surface area contributed by atoms with Gasteiger partial charge in [-0.15, -0.1) is 0 Å². The average Bonchev–Trinajstić information content (AvgIpc) is 2.24. The van der Waals surface area contributed by atoms with Crippen molar-refractivity contribution in [2.75, 3.05) is 19.1 Å². The molecule has 0 amide bonds. The molecule has 0 radical (unpaired) electrons. The summed E-state index contributed by atoms with van der Waals surface area (Å²) >= 11 is 0. The van der Waals surface area contributed by atoms with Gasteiger partial charge in [-0.1, -0.05) is 0 Å². The highest BCUT2D eigenvalue weighted by Gasteiger charge is 2.22. The van der Waals surface area contributed by atoms with E-state index < -0.39 is 25.5 Å². The molecule has 0 heterocycles. The summed E-state index contributed by atoms with van der Waals surface area (Å²) in [6.07, 6.45) is 1.79. The Bertz CT molecular complexity index is 689. The van der Waals surface area contributed by atoms with E-state index in [4.69, 9.17) is 5.73 Å². The summed E-state index contributed by atoms with van der Waals surface area (Å²) in [5, 5.41) is 0. The molecule has 18 heavy (non-hydrogen) atoms. The molecule has 1 aromatic rings. The number of benzene rings is 1. The first kappa shape index (κ1) is 14.8. The summed E-state index contributed by atoms with van der Waals surface area (Å²) < 4.78 is 46.1. The Kier molecular flexibility index (Phi) is 3.94. The van der Waals surface area contributed by atoms with Crippen LogP contribution < -0.4 is 5.73 Å². The fourth-order valence-electron chi connectivity index (χ4n) is 1.40. The van der Waals surface area contributed by atoms with Crippen LogP contribution in [0.4, 0.5) is 0 Å². The van der Waals surface area contributed by atoms with E-state index in [1.54, 1.807) is 0 Å². The zero-order chi connectivity index (χ0) is 14.1. The van der Waals surface area contributed by atoms with Crippen molar-refractivity contribution >= 4 is 25.5 Å². The van der Waals surface area contributed by atoms with Crippen molar-refractivity contribution < 1.29 is 21.6 Å². The van der Waals surface area contributed by atoms with Gasteiger partial charge in [-0.2, -0.15) is 0 Å². The number of Topliss-reactive ketones (excluding diaryl/α,β-unsaturated/α-hetero) is 1. The number of carbonyl (C=O) groups is 1. The molecule has 0 aliphatic rings. The van der Waals surface area contributed by atoms with Crippen LogP contribution in [-0.4, -0.2) is 41.7 Å². The van der Waals surface area contributed by atoms with Crippen molar-refractivity contribution in [1.82, 2.24) is 0 Å². The van der Waals surface area contributed by atoms with Crippen LogP contribution in [0.25, 0.3) is 0 Å². The van der Waals surface area contributed by atoms with Gasteiger partial charge in [0.2, 0.25) is 0 Å². The second-order valence-corrected chi connectivity index (χ2v) is 7.80. The molecule has 0 fully saturated rings. The lowest BCUT2D eigenvalue weighted by Gasteiger charge is -2.08. The van der Waals surface area contributed by atoms with Crippen molar-refractivity contribution in [2.24, 2.45) is 5.73 Å². The molecular weight excluding hydrogens is 278 g/mol. The number of hydrogen-bond acceptors (Lipinski definition) is 6. The van der Waals surface area contributed by atoms with Crippen LogP contribution in [0.15, 0.2) is 28.0 Å². The van der Waals surface area contributed by atoms with E-state index in [-0.39, 0.29) is 21.9 Å². The van der Waals surface area contributed by atoms with Crippen LogP contribution in [-0.2, 0) is 19.7 Å². The number of nitrogens with two attached hydrogens (primary N) is 1. The molecule has 0 aliphatic carbocycles. The van der Waals surface area contributed by atoms with E-state index in [0.29, 0.717) is 0 Å². The van der Waals surface area contributed by atoms with Gasteiger partial charge in [0.05, 0.1) is 16.3 Å². The standard InChI is InChI=1S/C10H13NO5S2/c1-17(13,14)9-4-3-7(8(12)6-11)5-10(9)18(2,15)16/h3-5H,6,11H2,1-2H3. The van der Waals surface area contributed by atoms with Crippen LogP contribution in [0.2, 0.25) is 0 Å². The molecule has 0 saturated carbocycles. The number of hydrogen-bond donors (Lipinski definition) is 1. The lowest BCUT2D eigenvalue weighted by Crippen LogP contribution is -2.15. The van der Waals surface area contributed by atoms with Gasteiger partial charge < -0.3 is 5.73 Å². The fourth-order valence-corrected chi connectivity index (χ4v) is 3.82. The van der Waals surface area contributed by atoms with Gasteiger partial charge >= 0.3 is 0 Å². The number of carbonyl (C=O) groups excluding carboxylic acids is 1. The Morgan fingerprint density at radius 2 is 1.56 bits per heavy atom. The van der Waals surface area contributed by atoms with Gasteiger partial charge in [-0.3, -0.25) is 4.79 Å². The molecule has 6 nitrogen and oxygen atoms in total. The SMILES string of the molecule is CS(=O)(=O)c1ccc(C(=O)CN)cc1S(C)(=O)=O. The predicted molar refractivity (Wildman–Crippen MR) is 66.0 cm³/mol. The monoisotopic (exact) mass is 291 g/mol. The second kappa shape index (κ2) is 4.79. The zero-order valence-corrected chi connectivity index (χ0v) is 11.5. The second-order valence-electron chi connectivity index (χ2n) is 3.83. The van der Waals surface area contributed by atoms with E-state index in [1.165, 1.54) is 6.07 Å². The summed E-state index contributed by atoms with van der Waals surface area (Å²) in [6.45, 7) is -0.276. The van der Waals surface area contributed by atoms with Crippen LogP contribution in [0.3, 0.4) is 0 Å². The number of rotatable bonds is 4. The highest BCUT2D eigenvalue weighted by molar-refractivity contribution is 7.93. The third kappa shape index (κ3) is 3.15. The molecule has 0 aliphatic heterocycles. The van der Waals surface area contributed by atoms with Crippen molar-refractivity contribution in [3.63, 3.8) is 0 Å².